The zero-order chi connectivity index (χ0) is 13.0. The van der Waals surface area contributed by atoms with E-state index in [1.165, 1.54) is 12.8 Å². The monoisotopic (exact) mass is 247 g/mol. The molecule has 0 radical (unpaired) electrons. The Morgan fingerprint density at radius 3 is 2.83 bits per heavy atom. The highest BCUT2D eigenvalue weighted by atomic mass is 16.1. The van der Waals surface area contributed by atoms with Gasteiger partial charge >= 0.3 is 0 Å². The van der Waals surface area contributed by atoms with E-state index in [-0.39, 0.29) is 11.9 Å². The lowest BCUT2D eigenvalue weighted by molar-refractivity contribution is 0.0939. The van der Waals surface area contributed by atoms with Crippen molar-refractivity contribution in [2.24, 2.45) is 0 Å². The van der Waals surface area contributed by atoms with Crippen molar-refractivity contribution in [3.8, 4) is 0 Å². The summed E-state index contributed by atoms with van der Waals surface area (Å²) in [5, 5.41) is 2.97. The number of rotatable bonds is 4. The molecule has 1 atom stereocenters. The lowest BCUT2D eigenvalue weighted by Crippen LogP contribution is -2.32. The van der Waals surface area contributed by atoms with Crippen molar-refractivity contribution in [2.75, 3.05) is 18.0 Å². The predicted molar refractivity (Wildman–Crippen MR) is 72.9 cm³/mol. The van der Waals surface area contributed by atoms with Gasteiger partial charge in [-0.25, -0.2) is 0 Å². The van der Waals surface area contributed by atoms with Crippen LogP contribution >= 0.6 is 0 Å². The first-order valence-electron chi connectivity index (χ1n) is 6.71. The first-order valence-corrected chi connectivity index (χ1v) is 6.71. The van der Waals surface area contributed by atoms with E-state index in [9.17, 15) is 4.79 Å². The van der Waals surface area contributed by atoms with Crippen molar-refractivity contribution < 1.29 is 4.79 Å². The molecule has 1 amide bonds. The van der Waals surface area contributed by atoms with Gasteiger partial charge < -0.3 is 10.2 Å². The van der Waals surface area contributed by atoms with Gasteiger partial charge in [0.2, 0.25) is 0 Å². The first kappa shape index (κ1) is 12.9. The lowest BCUT2D eigenvalue weighted by Gasteiger charge is -2.18. The van der Waals surface area contributed by atoms with Crippen LogP contribution in [0.25, 0.3) is 0 Å². The molecule has 1 saturated heterocycles. The number of hydrogen-bond acceptors (Lipinski definition) is 3. The van der Waals surface area contributed by atoms with Crippen molar-refractivity contribution in [1.82, 2.24) is 10.3 Å². The summed E-state index contributed by atoms with van der Waals surface area (Å²) >= 11 is 0. The Kier molecular flexibility index (Phi) is 4.18. The summed E-state index contributed by atoms with van der Waals surface area (Å²) in [6.07, 6.45) is 6.86. The number of amides is 1. The molecule has 1 aromatic rings. The standard InChI is InChI=1S/C14H21N3O/c1-3-11(2)16-14(18)12-8-13(10-15-9-12)17-6-4-5-7-17/h8-11H,3-7H2,1-2H3,(H,16,18). The Balaban J connectivity index is 2.08. The molecule has 2 heterocycles. The number of carbonyl (C=O) groups is 1. The Morgan fingerprint density at radius 2 is 2.17 bits per heavy atom. The summed E-state index contributed by atoms with van der Waals surface area (Å²) in [5.41, 5.74) is 1.71. The molecule has 0 bridgehead atoms. The number of pyridine rings is 1. The van der Waals surface area contributed by atoms with E-state index in [1.54, 1.807) is 6.20 Å². The van der Waals surface area contributed by atoms with E-state index in [4.69, 9.17) is 0 Å². The highest BCUT2D eigenvalue weighted by Gasteiger charge is 2.15. The zero-order valence-corrected chi connectivity index (χ0v) is 11.1. The van der Waals surface area contributed by atoms with E-state index < -0.39 is 0 Å². The molecular formula is C14H21N3O. The maximum atomic E-state index is 12.0. The Bertz CT molecular complexity index is 413. The fourth-order valence-corrected chi connectivity index (χ4v) is 2.11. The number of nitrogens with one attached hydrogen (secondary N) is 1. The van der Waals surface area contributed by atoms with Gasteiger partial charge in [0.15, 0.2) is 0 Å². The van der Waals surface area contributed by atoms with Crippen LogP contribution in [0, 0.1) is 0 Å². The van der Waals surface area contributed by atoms with E-state index in [0.717, 1.165) is 25.2 Å². The summed E-state index contributed by atoms with van der Waals surface area (Å²) in [6, 6.07) is 2.14. The summed E-state index contributed by atoms with van der Waals surface area (Å²) in [5.74, 6) is -0.0297. The van der Waals surface area contributed by atoms with Crippen molar-refractivity contribution in [1.29, 1.82) is 0 Å². The van der Waals surface area contributed by atoms with Crippen LogP contribution < -0.4 is 10.2 Å². The SMILES string of the molecule is CCC(C)NC(=O)c1cncc(N2CCCC2)c1. The van der Waals surface area contributed by atoms with Gasteiger partial charge in [-0.2, -0.15) is 0 Å². The largest absolute Gasteiger partial charge is 0.370 e. The number of anilines is 1. The molecule has 4 nitrogen and oxygen atoms in total. The third-order valence-corrected chi connectivity index (χ3v) is 3.45. The molecule has 0 aromatic carbocycles. The van der Waals surface area contributed by atoms with Crippen molar-refractivity contribution in [2.45, 2.75) is 39.2 Å². The lowest BCUT2D eigenvalue weighted by atomic mass is 10.2. The number of nitrogens with zero attached hydrogens (tertiary/aromatic N) is 2. The minimum Gasteiger partial charge on any atom is -0.370 e. The van der Waals surface area contributed by atoms with Gasteiger partial charge in [0.05, 0.1) is 17.4 Å². The summed E-state index contributed by atoms with van der Waals surface area (Å²) in [6.45, 7) is 6.20. The average molecular weight is 247 g/mol. The van der Waals surface area contributed by atoms with Gasteiger partial charge in [0.1, 0.15) is 0 Å². The molecule has 1 unspecified atom stereocenters. The summed E-state index contributed by atoms with van der Waals surface area (Å²) in [7, 11) is 0. The third-order valence-electron chi connectivity index (χ3n) is 3.45. The molecule has 4 heteroatoms. The highest BCUT2D eigenvalue weighted by molar-refractivity contribution is 5.94. The number of carbonyl (C=O) groups excluding carboxylic acids is 1. The Labute approximate surface area is 108 Å². The van der Waals surface area contributed by atoms with E-state index in [0.29, 0.717) is 5.56 Å². The Hall–Kier alpha value is -1.58. The molecule has 2 rings (SSSR count). The molecule has 1 fully saturated rings. The van der Waals surface area contributed by atoms with Crippen LogP contribution in [0.15, 0.2) is 18.5 Å². The van der Waals surface area contributed by atoms with Gasteiger partial charge in [0, 0.05) is 25.3 Å². The first-order chi connectivity index (χ1) is 8.70. The molecule has 0 aliphatic carbocycles. The maximum absolute atomic E-state index is 12.0. The fraction of sp³-hybridized carbons (Fsp3) is 0.571. The highest BCUT2D eigenvalue weighted by Crippen LogP contribution is 2.19. The molecule has 1 aromatic heterocycles. The normalized spacial score (nSPS) is 16.7. The van der Waals surface area contributed by atoms with Crippen LogP contribution in [0.3, 0.4) is 0 Å². The van der Waals surface area contributed by atoms with Crippen molar-refractivity contribution in [3.05, 3.63) is 24.0 Å². The molecule has 1 aliphatic rings. The van der Waals surface area contributed by atoms with Crippen molar-refractivity contribution in [3.63, 3.8) is 0 Å². The number of hydrogen-bond donors (Lipinski definition) is 1. The van der Waals surface area contributed by atoms with Crippen LogP contribution in [0.2, 0.25) is 0 Å². The van der Waals surface area contributed by atoms with E-state index >= 15 is 0 Å². The van der Waals surface area contributed by atoms with Crippen LogP contribution in [0.5, 0.6) is 0 Å². The molecule has 98 valence electrons. The molecule has 1 aliphatic heterocycles. The zero-order valence-electron chi connectivity index (χ0n) is 11.1. The second-order valence-corrected chi connectivity index (χ2v) is 4.91. The molecular weight excluding hydrogens is 226 g/mol. The fourth-order valence-electron chi connectivity index (χ4n) is 2.11. The minimum atomic E-state index is -0.0297. The molecule has 1 N–H and O–H groups in total. The van der Waals surface area contributed by atoms with Gasteiger partial charge in [-0.15, -0.1) is 0 Å². The predicted octanol–water partition coefficient (Wildman–Crippen LogP) is 2.21. The Morgan fingerprint density at radius 1 is 1.44 bits per heavy atom. The van der Waals surface area contributed by atoms with E-state index in [1.807, 2.05) is 19.2 Å². The second kappa shape index (κ2) is 5.85. The van der Waals surface area contributed by atoms with Gasteiger partial charge in [0.25, 0.3) is 5.91 Å². The smallest absolute Gasteiger partial charge is 0.253 e. The quantitative estimate of drug-likeness (QED) is 0.887. The van der Waals surface area contributed by atoms with Crippen LogP contribution in [-0.4, -0.2) is 30.0 Å². The van der Waals surface area contributed by atoms with E-state index in [2.05, 4.69) is 22.1 Å². The third kappa shape index (κ3) is 3.00. The molecule has 0 spiro atoms. The minimum absolute atomic E-state index is 0.0297. The molecule has 18 heavy (non-hydrogen) atoms. The topological polar surface area (TPSA) is 45.2 Å². The maximum Gasteiger partial charge on any atom is 0.253 e. The van der Waals surface area contributed by atoms with Crippen LogP contribution in [0.4, 0.5) is 5.69 Å². The average Bonchev–Trinajstić information content (AvgIpc) is 2.92. The van der Waals surface area contributed by atoms with Crippen molar-refractivity contribution >= 4 is 11.6 Å². The van der Waals surface area contributed by atoms with Gasteiger partial charge in [-0.3, -0.25) is 9.78 Å². The number of aromatic nitrogens is 1. The van der Waals surface area contributed by atoms with Crippen LogP contribution in [-0.2, 0) is 0 Å². The van der Waals surface area contributed by atoms with Crippen LogP contribution in [0.1, 0.15) is 43.5 Å². The van der Waals surface area contributed by atoms with Gasteiger partial charge in [-0.05, 0) is 32.3 Å². The second-order valence-electron chi connectivity index (χ2n) is 4.91. The molecule has 0 saturated carbocycles. The summed E-state index contributed by atoms with van der Waals surface area (Å²) in [4.78, 5) is 18.5. The van der Waals surface area contributed by atoms with Gasteiger partial charge in [-0.1, -0.05) is 6.92 Å². The summed E-state index contributed by atoms with van der Waals surface area (Å²) < 4.78 is 0.